The van der Waals surface area contributed by atoms with Gasteiger partial charge in [-0.3, -0.25) is 4.79 Å². The molecule has 4 heteroatoms. The summed E-state index contributed by atoms with van der Waals surface area (Å²) >= 11 is 3.39. The van der Waals surface area contributed by atoms with Crippen LogP contribution in [0.25, 0.3) is 0 Å². The molecule has 0 saturated heterocycles. The van der Waals surface area contributed by atoms with Gasteiger partial charge in [-0.05, 0) is 57.7 Å². The Bertz CT molecular complexity index is 653. The van der Waals surface area contributed by atoms with Crippen molar-refractivity contribution >= 4 is 27.5 Å². The van der Waals surface area contributed by atoms with Crippen molar-refractivity contribution in [3.8, 4) is 5.75 Å². The zero-order chi connectivity index (χ0) is 15.4. The first-order valence-electron chi connectivity index (χ1n) is 6.76. The molecule has 0 radical (unpaired) electrons. The molecule has 0 saturated carbocycles. The maximum Gasteiger partial charge on any atom is 0.255 e. The molecule has 0 aliphatic heterocycles. The molecule has 110 valence electrons. The van der Waals surface area contributed by atoms with Crippen LogP contribution in [0, 0.1) is 0 Å². The maximum atomic E-state index is 12.3. The topological polar surface area (TPSA) is 38.3 Å². The molecule has 0 bridgehead atoms. The Morgan fingerprint density at radius 3 is 2.57 bits per heavy atom. The molecule has 0 fully saturated rings. The normalized spacial score (nSPS) is 10.5. The van der Waals surface area contributed by atoms with Crippen LogP contribution >= 0.6 is 15.9 Å². The van der Waals surface area contributed by atoms with E-state index in [1.54, 1.807) is 25.3 Å². The van der Waals surface area contributed by atoms with Crippen molar-refractivity contribution in [3.63, 3.8) is 0 Å². The first kappa shape index (κ1) is 15.6. The molecule has 2 aromatic carbocycles. The lowest BCUT2D eigenvalue weighted by atomic mass is 10.0. The second-order valence-corrected chi connectivity index (χ2v) is 5.94. The van der Waals surface area contributed by atoms with Crippen LogP contribution in [-0.4, -0.2) is 13.0 Å². The van der Waals surface area contributed by atoms with Crippen molar-refractivity contribution in [3.05, 3.63) is 58.1 Å². The second kappa shape index (κ2) is 6.76. The van der Waals surface area contributed by atoms with E-state index in [0.29, 0.717) is 17.2 Å². The van der Waals surface area contributed by atoms with Crippen molar-refractivity contribution in [2.45, 2.75) is 19.8 Å². The van der Waals surface area contributed by atoms with E-state index in [-0.39, 0.29) is 5.91 Å². The average Bonchev–Trinajstić information content (AvgIpc) is 2.47. The van der Waals surface area contributed by atoms with Crippen molar-refractivity contribution < 1.29 is 9.53 Å². The van der Waals surface area contributed by atoms with E-state index >= 15 is 0 Å². The molecule has 21 heavy (non-hydrogen) atoms. The van der Waals surface area contributed by atoms with E-state index in [9.17, 15) is 4.79 Å². The molecule has 2 rings (SSSR count). The lowest BCUT2D eigenvalue weighted by molar-refractivity contribution is 0.102. The molecule has 0 unspecified atom stereocenters. The number of methoxy groups -OCH3 is 1. The first-order valence-corrected chi connectivity index (χ1v) is 7.55. The molecule has 0 atom stereocenters. The SMILES string of the molecule is COc1ccc(C(=O)Nc2cccc(C(C)C)c2)cc1Br. The van der Waals surface area contributed by atoms with Crippen LogP contribution in [0.1, 0.15) is 35.7 Å². The summed E-state index contributed by atoms with van der Waals surface area (Å²) in [5.74, 6) is 0.990. The summed E-state index contributed by atoms with van der Waals surface area (Å²) in [7, 11) is 1.59. The van der Waals surface area contributed by atoms with E-state index < -0.39 is 0 Å². The number of halogens is 1. The minimum atomic E-state index is -0.140. The summed E-state index contributed by atoms with van der Waals surface area (Å²) in [6.45, 7) is 4.25. The van der Waals surface area contributed by atoms with Crippen molar-refractivity contribution in [2.24, 2.45) is 0 Å². The number of hydrogen-bond donors (Lipinski definition) is 1. The van der Waals surface area contributed by atoms with Gasteiger partial charge in [0.2, 0.25) is 0 Å². The fourth-order valence-corrected chi connectivity index (χ4v) is 2.53. The minimum absolute atomic E-state index is 0.140. The van der Waals surface area contributed by atoms with Gasteiger partial charge in [0.25, 0.3) is 5.91 Å². The molecule has 1 N–H and O–H groups in total. The molecule has 0 heterocycles. The van der Waals surface area contributed by atoms with Gasteiger partial charge in [-0.2, -0.15) is 0 Å². The third kappa shape index (κ3) is 3.85. The predicted octanol–water partition coefficient (Wildman–Crippen LogP) is 4.83. The van der Waals surface area contributed by atoms with Gasteiger partial charge in [0.15, 0.2) is 0 Å². The summed E-state index contributed by atoms with van der Waals surface area (Å²) in [4.78, 5) is 12.3. The summed E-state index contributed by atoms with van der Waals surface area (Å²) in [5.41, 5.74) is 2.58. The van der Waals surface area contributed by atoms with E-state index in [4.69, 9.17) is 4.74 Å². The van der Waals surface area contributed by atoms with Crippen LogP contribution in [-0.2, 0) is 0 Å². The monoisotopic (exact) mass is 347 g/mol. The van der Waals surface area contributed by atoms with Crippen LogP contribution in [0.4, 0.5) is 5.69 Å². The average molecular weight is 348 g/mol. The van der Waals surface area contributed by atoms with E-state index in [1.807, 2.05) is 18.2 Å². The minimum Gasteiger partial charge on any atom is -0.496 e. The van der Waals surface area contributed by atoms with Gasteiger partial charge in [0.1, 0.15) is 5.75 Å². The molecule has 2 aromatic rings. The smallest absolute Gasteiger partial charge is 0.255 e. The molecule has 0 aromatic heterocycles. The highest BCUT2D eigenvalue weighted by Crippen LogP contribution is 2.26. The van der Waals surface area contributed by atoms with E-state index in [2.05, 4.69) is 41.2 Å². The fourth-order valence-electron chi connectivity index (χ4n) is 1.99. The number of rotatable bonds is 4. The lowest BCUT2D eigenvalue weighted by Crippen LogP contribution is -2.12. The van der Waals surface area contributed by atoms with E-state index in [0.717, 1.165) is 10.2 Å². The Balaban J connectivity index is 2.18. The van der Waals surface area contributed by atoms with Crippen molar-refractivity contribution in [1.29, 1.82) is 0 Å². The lowest BCUT2D eigenvalue weighted by Gasteiger charge is -2.10. The highest BCUT2D eigenvalue weighted by atomic mass is 79.9. The number of amides is 1. The van der Waals surface area contributed by atoms with Crippen LogP contribution in [0.2, 0.25) is 0 Å². The van der Waals surface area contributed by atoms with Gasteiger partial charge >= 0.3 is 0 Å². The summed E-state index contributed by atoms with van der Waals surface area (Å²) in [6.07, 6.45) is 0. The third-order valence-electron chi connectivity index (χ3n) is 3.23. The quantitative estimate of drug-likeness (QED) is 0.859. The fraction of sp³-hybridized carbons (Fsp3) is 0.235. The Labute approximate surface area is 133 Å². The third-order valence-corrected chi connectivity index (χ3v) is 3.84. The Kier molecular flexibility index (Phi) is 5.02. The summed E-state index contributed by atoms with van der Waals surface area (Å²) in [6, 6.07) is 13.2. The van der Waals surface area contributed by atoms with Crippen molar-refractivity contribution in [1.82, 2.24) is 0 Å². The van der Waals surface area contributed by atoms with Gasteiger partial charge in [-0.25, -0.2) is 0 Å². The highest BCUT2D eigenvalue weighted by Gasteiger charge is 2.10. The van der Waals surface area contributed by atoms with Crippen LogP contribution < -0.4 is 10.1 Å². The maximum absolute atomic E-state index is 12.3. The van der Waals surface area contributed by atoms with Crippen LogP contribution in [0.15, 0.2) is 46.9 Å². The summed E-state index contributed by atoms with van der Waals surface area (Å²) < 4.78 is 5.92. The molecular weight excluding hydrogens is 330 g/mol. The Hall–Kier alpha value is -1.81. The molecule has 0 aliphatic carbocycles. The molecular formula is C17H18BrNO2. The van der Waals surface area contributed by atoms with E-state index in [1.165, 1.54) is 5.56 Å². The zero-order valence-corrected chi connectivity index (χ0v) is 13.9. The van der Waals surface area contributed by atoms with Crippen LogP contribution in [0.5, 0.6) is 5.75 Å². The van der Waals surface area contributed by atoms with Gasteiger partial charge in [-0.15, -0.1) is 0 Å². The van der Waals surface area contributed by atoms with Crippen LogP contribution in [0.3, 0.4) is 0 Å². The molecule has 3 nitrogen and oxygen atoms in total. The standard InChI is InChI=1S/C17H18BrNO2/c1-11(2)12-5-4-6-14(9-12)19-17(20)13-7-8-16(21-3)15(18)10-13/h4-11H,1-3H3,(H,19,20). The number of anilines is 1. The molecule has 0 aliphatic rings. The number of carbonyl (C=O) groups is 1. The molecule has 0 spiro atoms. The largest absolute Gasteiger partial charge is 0.496 e. The Morgan fingerprint density at radius 2 is 1.95 bits per heavy atom. The van der Waals surface area contributed by atoms with Gasteiger partial charge in [-0.1, -0.05) is 26.0 Å². The predicted molar refractivity (Wildman–Crippen MR) is 89.2 cm³/mol. The summed E-state index contributed by atoms with van der Waals surface area (Å²) in [5, 5.41) is 2.92. The number of nitrogens with one attached hydrogen (secondary N) is 1. The highest BCUT2D eigenvalue weighted by molar-refractivity contribution is 9.10. The number of carbonyl (C=O) groups excluding carboxylic acids is 1. The number of hydrogen-bond acceptors (Lipinski definition) is 2. The van der Waals surface area contributed by atoms with Gasteiger partial charge in [0.05, 0.1) is 11.6 Å². The zero-order valence-electron chi connectivity index (χ0n) is 12.3. The second-order valence-electron chi connectivity index (χ2n) is 5.08. The number of ether oxygens (including phenoxy) is 1. The van der Waals surface area contributed by atoms with Crippen molar-refractivity contribution in [2.75, 3.05) is 12.4 Å². The molecule has 1 amide bonds. The van der Waals surface area contributed by atoms with Gasteiger partial charge in [0, 0.05) is 11.3 Å². The Morgan fingerprint density at radius 1 is 1.19 bits per heavy atom. The van der Waals surface area contributed by atoms with Gasteiger partial charge < -0.3 is 10.1 Å². The number of benzene rings is 2. The first-order chi connectivity index (χ1) is 10.0.